The smallest absolute Gasteiger partial charge is 0.257 e. The molecule has 6 heteroatoms. The van der Waals surface area contributed by atoms with Gasteiger partial charge in [-0.25, -0.2) is 4.39 Å². The van der Waals surface area contributed by atoms with E-state index in [0.717, 1.165) is 32.1 Å². The van der Waals surface area contributed by atoms with Crippen molar-refractivity contribution in [2.45, 2.75) is 51.0 Å². The number of methoxy groups -OCH3 is 1. The van der Waals surface area contributed by atoms with E-state index in [1.54, 1.807) is 23.0 Å². The summed E-state index contributed by atoms with van der Waals surface area (Å²) in [6.45, 7) is 3.76. The van der Waals surface area contributed by atoms with Crippen LogP contribution in [-0.4, -0.2) is 49.1 Å². The fourth-order valence-electron chi connectivity index (χ4n) is 4.38. The predicted molar refractivity (Wildman–Crippen MR) is 97.8 cm³/mol. The van der Waals surface area contributed by atoms with E-state index >= 15 is 0 Å². The highest BCUT2D eigenvalue weighted by Crippen LogP contribution is 2.36. The number of carbonyl (C=O) groups excluding carboxylic acids is 2. The van der Waals surface area contributed by atoms with E-state index in [4.69, 9.17) is 4.74 Å². The van der Waals surface area contributed by atoms with Crippen LogP contribution in [0.1, 0.15) is 55.8 Å². The van der Waals surface area contributed by atoms with Gasteiger partial charge < -0.3 is 14.5 Å². The highest BCUT2D eigenvalue weighted by Gasteiger charge is 2.43. The molecule has 26 heavy (non-hydrogen) atoms. The fourth-order valence-corrected chi connectivity index (χ4v) is 4.38. The molecule has 2 saturated heterocycles. The lowest BCUT2D eigenvalue weighted by atomic mass is 9.91. The standard InChI is InChI=1S/C20H27FN2O3/c1-3-9-20(14-26-2)10-5-12-23(20)19(25)16-13-15(7-8-17(16)21)22-11-4-6-18(22)24/h7-8,13H,3-6,9-12,14H2,1-2H3/t20-/m1/s1. The van der Waals surface area contributed by atoms with Gasteiger partial charge in [-0.05, 0) is 43.9 Å². The van der Waals surface area contributed by atoms with Gasteiger partial charge in [0.25, 0.3) is 5.91 Å². The molecule has 2 amide bonds. The summed E-state index contributed by atoms with van der Waals surface area (Å²) in [6, 6.07) is 4.40. The monoisotopic (exact) mass is 362 g/mol. The maximum absolute atomic E-state index is 14.5. The van der Waals surface area contributed by atoms with Gasteiger partial charge in [0.1, 0.15) is 5.82 Å². The summed E-state index contributed by atoms with van der Waals surface area (Å²) in [4.78, 5) is 28.6. The van der Waals surface area contributed by atoms with Crippen molar-refractivity contribution < 1.29 is 18.7 Å². The van der Waals surface area contributed by atoms with Crippen molar-refractivity contribution in [3.05, 3.63) is 29.6 Å². The van der Waals surface area contributed by atoms with E-state index in [0.29, 0.717) is 31.8 Å². The first-order chi connectivity index (χ1) is 12.5. The first-order valence-corrected chi connectivity index (χ1v) is 9.43. The summed E-state index contributed by atoms with van der Waals surface area (Å²) >= 11 is 0. The van der Waals surface area contributed by atoms with E-state index in [1.807, 2.05) is 0 Å². The Morgan fingerprint density at radius 1 is 1.31 bits per heavy atom. The Hall–Kier alpha value is -1.95. The molecule has 2 heterocycles. The van der Waals surface area contributed by atoms with Crippen LogP contribution in [0, 0.1) is 5.82 Å². The zero-order valence-corrected chi connectivity index (χ0v) is 15.6. The minimum Gasteiger partial charge on any atom is -0.382 e. The third kappa shape index (κ3) is 3.34. The lowest BCUT2D eigenvalue weighted by Gasteiger charge is -2.38. The predicted octanol–water partition coefficient (Wildman–Crippen LogP) is 3.37. The van der Waals surface area contributed by atoms with Gasteiger partial charge in [0.2, 0.25) is 5.91 Å². The van der Waals surface area contributed by atoms with Crippen molar-refractivity contribution in [3.8, 4) is 0 Å². The number of anilines is 1. The first-order valence-electron chi connectivity index (χ1n) is 9.43. The van der Waals surface area contributed by atoms with E-state index in [1.165, 1.54) is 12.1 Å². The maximum atomic E-state index is 14.5. The topological polar surface area (TPSA) is 49.9 Å². The van der Waals surface area contributed by atoms with Crippen molar-refractivity contribution in [2.24, 2.45) is 0 Å². The van der Waals surface area contributed by atoms with Crippen LogP contribution >= 0.6 is 0 Å². The maximum Gasteiger partial charge on any atom is 0.257 e. The summed E-state index contributed by atoms with van der Waals surface area (Å²) < 4.78 is 19.9. The number of ether oxygens (including phenoxy) is 1. The molecule has 2 aliphatic heterocycles. The van der Waals surface area contributed by atoms with Gasteiger partial charge in [0, 0.05) is 32.3 Å². The van der Waals surface area contributed by atoms with Crippen LogP contribution in [0.2, 0.25) is 0 Å². The fraction of sp³-hybridized carbons (Fsp3) is 0.600. The van der Waals surface area contributed by atoms with Crippen LogP contribution in [-0.2, 0) is 9.53 Å². The first kappa shape index (κ1) is 18.8. The van der Waals surface area contributed by atoms with Crippen molar-refractivity contribution in [1.82, 2.24) is 4.90 Å². The molecule has 2 fully saturated rings. The lowest BCUT2D eigenvalue weighted by molar-refractivity contribution is -0.117. The van der Waals surface area contributed by atoms with Gasteiger partial charge in [-0.1, -0.05) is 13.3 Å². The van der Waals surface area contributed by atoms with Crippen LogP contribution in [0.5, 0.6) is 0 Å². The molecule has 5 nitrogen and oxygen atoms in total. The summed E-state index contributed by atoms with van der Waals surface area (Å²) in [5, 5.41) is 0. The lowest BCUT2D eigenvalue weighted by Crippen LogP contribution is -2.50. The van der Waals surface area contributed by atoms with E-state index in [-0.39, 0.29) is 22.9 Å². The quantitative estimate of drug-likeness (QED) is 0.780. The molecule has 2 aliphatic rings. The molecule has 0 bridgehead atoms. The second-order valence-electron chi connectivity index (χ2n) is 7.28. The molecule has 142 valence electrons. The van der Waals surface area contributed by atoms with Gasteiger partial charge in [-0.2, -0.15) is 0 Å². The second kappa shape index (κ2) is 7.74. The Labute approximate surface area is 154 Å². The summed E-state index contributed by atoms with van der Waals surface area (Å²) in [7, 11) is 1.64. The van der Waals surface area contributed by atoms with Crippen LogP contribution in [0.4, 0.5) is 10.1 Å². The van der Waals surface area contributed by atoms with Gasteiger partial charge >= 0.3 is 0 Å². The zero-order valence-electron chi connectivity index (χ0n) is 15.6. The highest BCUT2D eigenvalue weighted by atomic mass is 19.1. The van der Waals surface area contributed by atoms with Crippen molar-refractivity contribution in [1.29, 1.82) is 0 Å². The SMILES string of the molecule is CCC[C@]1(COC)CCCN1C(=O)c1cc(N2CCCC2=O)ccc1F. The third-order valence-corrected chi connectivity index (χ3v) is 5.54. The number of benzene rings is 1. The molecule has 1 aromatic rings. The average molecular weight is 362 g/mol. The van der Waals surface area contributed by atoms with Crippen molar-refractivity contribution >= 4 is 17.5 Å². The summed E-state index contributed by atoms with van der Waals surface area (Å²) in [5.74, 6) is -0.824. The second-order valence-corrected chi connectivity index (χ2v) is 7.28. The molecule has 0 aliphatic carbocycles. The van der Waals surface area contributed by atoms with Crippen LogP contribution in [0.3, 0.4) is 0 Å². The Kier molecular flexibility index (Phi) is 5.61. The molecule has 0 saturated carbocycles. The van der Waals surface area contributed by atoms with Gasteiger partial charge in [0.05, 0.1) is 17.7 Å². The molecule has 3 rings (SSSR count). The van der Waals surface area contributed by atoms with Crippen molar-refractivity contribution in [3.63, 3.8) is 0 Å². The Morgan fingerprint density at radius 2 is 2.12 bits per heavy atom. The number of halogens is 1. The van der Waals surface area contributed by atoms with E-state index < -0.39 is 5.82 Å². The number of rotatable bonds is 6. The molecule has 0 N–H and O–H groups in total. The minimum absolute atomic E-state index is 0.0240. The number of hydrogen-bond donors (Lipinski definition) is 0. The molecular weight excluding hydrogens is 335 g/mol. The molecule has 0 aromatic heterocycles. The third-order valence-electron chi connectivity index (χ3n) is 5.54. The summed E-state index contributed by atoms with van der Waals surface area (Å²) in [6.07, 6.45) is 4.81. The molecule has 1 aromatic carbocycles. The van der Waals surface area contributed by atoms with Crippen LogP contribution < -0.4 is 4.90 Å². The molecule has 0 spiro atoms. The normalized spacial score (nSPS) is 23.1. The molecule has 0 unspecified atom stereocenters. The Bertz CT molecular complexity index is 686. The average Bonchev–Trinajstić information content (AvgIpc) is 3.22. The van der Waals surface area contributed by atoms with Crippen LogP contribution in [0.15, 0.2) is 18.2 Å². The largest absolute Gasteiger partial charge is 0.382 e. The van der Waals surface area contributed by atoms with Gasteiger partial charge in [-0.3, -0.25) is 9.59 Å². The number of likely N-dealkylation sites (tertiary alicyclic amines) is 1. The molecule has 1 atom stereocenters. The van der Waals surface area contributed by atoms with E-state index in [2.05, 4.69) is 6.92 Å². The number of hydrogen-bond acceptors (Lipinski definition) is 3. The highest BCUT2D eigenvalue weighted by molar-refractivity contribution is 5.99. The number of carbonyl (C=O) groups is 2. The van der Waals surface area contributed by atoms with Crippen LogP contribution in [0.25, 0.3) is 0 Å². The van der Waals surface area contributed by atoms with Crippen molar-refractivity contribution in [2.75, 3.05) is 31.7 Å². The van der Waals surface area contributed by atoms with Gasteiger partial charge in [0.15, 0.2) is 0 Å². The zero-order chi connectivity index (χ0) is 18.7. The minimum atomic E-state index is -0.542. The van der Waals surface area contributed by atoms with Gasteiger partial charge in [-0.15, -0.1) is 0 Å². The Morgan fingerprint density at radius 3 is 2.77 bits per heavy atom. The number of nitrogens with zero attached hydrogens (tertiary/aromatic N) is 2. The Balaban J connectivity index is 1.92. The molecular formula is C20H27FN2O3. The van der Waals surface area contributed by atoms with E-state index in [9.17, 15) is 14.0 Å². The number of amides is 2. The molecule has 0 radical (unpaired) electrons. The summed E-state index contributed by atoms with van der Waals surface area (Å²) in [5.41, 5.74) is 0.275.